The van der Waals surface area contributed by atoms with Gasteiger partial charge in [0.15, 0.2) is 0 Å². The van der Waals surface area contributed by atoms with Crippen molar-refractivity contribution in [3.8, 4) is 0 Å². The van der Waals surface area contributed by atoms with Gasteiger partial charge in [-0.3, -0.25) is 4.79 Å². The van der Waals surface area contributed by atoms with Gasteiger partial charge in [-0.25, -0.2) is 0 Å². The Bertz CT molecular complexity index is 374. The van der Waals surface area contributed by atoms with Crippen LogP contribution in [0.4, 0.5) is 0 Å². The van der Waals surface area contributed by atoms with Crippen LogP contribution in [0.3, 0.4) is 0 Å². The van der Waals surface area contributed by atoms with Crippen molar-refractivity contribution in [3.63, 3.8) is 0 Å². The highest BCUT2D eigenvalue weighted by molar-refractivity contribution is 5.78. The molecule has 0 aliphatic heterocycles. The van der Waals surface area contributed by atoms with Crippen molar-refractivity contribution in [1.82, 2.24) is 4.90 Å². The van der Waals surface area contributed by atoms with Crippen LogP contribution in [0, 0.1) is 0 Å². The van der Waals surface area contributed by atoms with Crippen molar-refractivity contribution in [1.29, 1.82) is 0 Å². The van der Waals surface area contributed by atoms with Gasteiger partial charge in [0, 0.05) is 19.4 Å². The predicted octanol–water partition coefficient (Wildman–Crippen LogP) is 4.48. The quantitative estimate of drug-likeness (QED) is 0.529. The van der Waals surface area contributed by atoms with E-state index in [0.717, 1.165) is 45.3 Å². The first-order chi connectivity index (χ1) is 10.3. The Morgan fingerprint density at radius 2 is 1.71 bits per heavy atom. The van der Waals surface area contributed by atoms with Crippen LogP contribution in [0.2, 0.25) is 0 Å². The second kappa shape index (κ2) is 11.5. The van der Waals surface area contributed by atoms with Gasteiger partial charge < -0.3 is 4.90 Å². The summed E-state index contributed by atoms with van der Waals surface area (Å²) in [7, 11) is 0. The summed E-state index contributed by atoms with van der Waals surface area (Å²) >= 11 is 0. The van der Waals surface area contributed by atoms with Gasteiger partial charge >= 0.3 is 0 Å². The van der Waals surface area contributed by atoms with Crippen LogP contribution in [0.25, 0.3) is 0 Å². The van der Waals surface area contributed by atoms with Crippen LogP contribution < -0.4 is 0 Å². The number of hydrogen-bond acceptors (Lipinski definition) is 2. The normalized spacial score (nSPS) is 11.0. The van der Waals surface area contributed by atoms with Crippen LogP contribution >= 0.6 is 0 Å². The summed E-state index contributed by atoms with van der Waals surface area (Å²) in [6.07, 6.45) is 7.23. The molecule has 0 amide bonds. The first-order valence-corrected chi connectivity index (χ1v) is 8.54. The maximum Gasteiger partial charge on any atom is 0.134 e. The summed E-state index contributed by atoms with van der Waals surface area (Å²) in [6, 6.07) is 10.6. The van der Waals surface area contributed by atoms with E-state index in [4.69, 9.17) is 0 Å². The van der Waals surface area contributed by atoms with Crippen LogP contribution in [-0.4, -0.2) is 30.3 Å². The first kappa shape index (κ1) is 17.9. The molecule has 0 heterocycles. The maximum atomic E-state index is 11.8. The monoisotopic (exact) mass is 289 g/mol. The molecule has 0 saturated heterocycles. The molecule has 0 unspecified atom stereocenters. The van der Waals surface area contributed by atoms with E-state index < -0.39 is 0 Å². The van der Waals surface area contributed by atoms with Crippen LogP contribution in [0.15, 0.2) is 30.3 Å². The molecule has 118 valence electrons. The number of nitrogens with zero attached hydrogens (tertiary/aromatic N) is 1. The van der Waals surface area contributed by atoms with Gasteiger partial charge in [0.25, 0.3) is 0 Å². The minimum atomic E-state index is 0.435. The zero-order valence-corrected chi connectivity index (χ0v) is 13.8. The molecule has 0 spiro atoms. The molecule has 2 nitrogen and oxygen atoms in total. The highest BCUT2D eigenvalue weighted by Gasteiger charge is 2.06. The molecule has 21 heavy (non-hydrogen) atoms. The van der Waals surface area contributed by atoms with Gasteiger partial charge in [-0.2, -0.15) is 0 Å². The number of aryl methyl sites for hydroxylation is 1. The summed E-state index contributed by atoms with van der Waals surface area (Å²) in [5, 5.41) is 0. The molecule has 0 aliphatic rings. The van der Waals surface area contributed by atoms with Crippen molar-refractivity contribution in [2.45, 2.75) is 58.8 Å². The van der Waals surface area contributed by atoms with E-state index in [9.17, 15) is 4.79 Å². The zero-order valence-electron chi connectivity index (χ0n) is 13.8. The molecule has 1 aromatic rings. The molecule has 1 aromatic carbocycles. The first-order valence-electron chi connectivity index (χ1n) is 8.54. The van der Waals surface area contributed by atoms with Gasteiger partial charge in [-0.15, -0.1) is 0 Å². The van der Waals surface area contributed by atoms with E-state index in [-0.39, 0.29) is 0 Å². The minimum Gasteiger partial charge on any atom is -0.303 e. The Labute approximate surface area is 130 Å². The standard InChI is InChI=1S/C19H31NO/c1-3-5-7-14-19(21)15-17-20(4-2)16-10-13-18-11-8-6-9-12-18/h6,8-9,11-12H,3-5,7,10,13-17H2,1-2H3. The SMILES string of the molecule is CCCCCC(=O)CCN(CC)CCCc1ccccc1. The fraction of sp³-hybridized carbons (Fsp3) is 0.632. The van der Waals surface area contributed by atoms with Crippen molar-refractivity contribution in [3.05, 3.63) is 35.9 Å². The van der Waals surface area contributed by atoms with E-state index in [1.54, 1.807) is 0 Å². The van der Waals surface area contributed by atoms with E-state index in [1.165, 1.54) is 24.8 Å². The average Bonchev–Trinajstić information content (AvgIpc) is 2.52. The highest BCUT2D eigenvalue weighted by Crippen LogP contribution is 2.06. The zero-order chi connectivity index (χ0) is 15.3. The summed E-state index contributed by atoms with van der Waals surface area (Å²) < 4.78 is 0. The van der Waals surface area contributed by atoms with Crippen molar-refractivity contribution < 1.29 is 4.79 Å². The summed E-state index contributed by atoms with van der Waals surface area (Å²) in [5.74, 6) is 0.435. The fourth-order valence-corrected chi connectivity index (χ4v) is 2.56. The molecule has 0 saturated carbocycles. The number of carbonyl (C=O) groups excluding carboxylic acids is 1. The molecule has 0 atom stereocenters. The number of hydrogen-bond donors (Lipinski definition) is 0. The largest absolute Gasteiger partial charge is 0.303 e. The van der Waals surface area contributed by atoms with Crippen molar-refractivity contribution in [2.75, 3.05) is 19.6 Å². The third-order valence-electron chi connectivity index (χ3n) is 4.00. The maximum absolute atomic E-state index is 11.8. The Hall–Kier alpha value is -1.15. The fourth-order valence-electron chi connectivity index (χ4n) is 2.56. The topological polar surface area (TPSA) is 20.3 Å². The molecular weight excluding hydrogens is 258 g/mol. The molecule has 0 aliphatic carbocycles. The summed E-state index contributed by atoms with van der Waals surface area (Å²) in [4.78, 5) is 14.2. The number of unbranched alkanes of at least 4 members (excludes halogenated alkanes) is 2. The molecule has 0 fully saturated rings. The third kappa shape index (κ3) is 8.67. The average molecular weight is 289 g/mol. The van der Waals surface area contributed by atoms with Crippen LogP contribution in [-0.2, 0) is 11.2 Å². The lowest BCUT2D eigenvalue weighted by atomic mass is 10.1. The summed E-state index contributed by atoms with van der Waals surface area (Å²) in [6.45, 7) is 7.42. The van der Waals surface area contributed by atoms with Gasteiger partial charge in [-0.1, -0.05) is 57.0 Å². The van der Waals surface area contributed by atoms with E-state index in [0.29, 0.717) is 5.78 Å². The molecule has 0 N–H and O–H groups in total. The van der Waals surface area contributed by atoms with Crippen LogP contribution in [0.1, 0.15) is 57.9 Å². The lowest BCUT2D eigenvalue weighted by Crippen LogP contribution is -2.27. The number of benzene rings is 1. The van der Waals surface area contributed by atoms with E-state index in [2.05, 4.69) is 49.1 Å². The highest BCUT2D eigenvalue weighted by atomic mass is 16.1. The van der Waals surface area contributed by atoms with Gasteiger partial charge in [0.2, 0.25) is 0 Å². The Morgan fingerprint density at radius 3 is 2.38 bits per heavy atom. The molecular formula is C19H31NO. The second-order valence-corrected chi connectivity index (χ2v) is 5.77. The minimum absolute atomic E-state index is 0.435. The molecule has 1 rings (SSSR count). The third-order valence-corrected chi connectivity index (χ3v) is 4.00. The van der Waals surface area contributed by atoms with Gasteiger partial charge in [0.1, 0.15) is 5.78 Å². The van der Waals surface area contributed by atoms with E-state index in [1.807, 2.05) is 0 Å². The number of rotatable bonds is 12. The van der Waals surface area contributed by atoms with Gasteiger partial charge in [0.05, 0.1) is 0 Å². The number of ketones is 1. The van der Waals surface area contributed by atoms with Crippen LogP contribution in [0.5, 0.6) is 0 Å². The predicted molar refractivity (Wildman–Crippen MR) is 90.6 cm³/mol. The molecule has 0 bridgehead atoms. The molecule has 0 aromatic heterocycles. The molecule has 2 heteroatoms. The number of Topliss-reactive ketones (excluding diaryl/α,β-unsaturated/α-hetero) is 1. The van der Waals surface area contributed by atoms with Crippen molar-refractivity contribution in [2.24, 2.45) is 0 Å². The van der Waals surface area contributed by atoms with E-state index >= 15 is 0 Å². The lowest BCUT2D eigenvalue weighted by Gasteiger charge is -2.19. The molecule has 0 radical (unpaired) electrons. The van der Waals surface area contributed by atoms with Crippen molar-refractivity contribution >= 4 is 5.78 Å². The second-order valence-electron chi connectivity index (χ2n) is 5.77. The lowest BCUT2D eigenvalue weighted by molar-refractivity contribution is -0.119. The summed E-state index contributed by atoms with van der Waals surface area (Å²) in [5.41, 5.74) is 1.41. The smallest absolute Gasteiger partial charge is 0.134 e. The Balaban J connectivity index is 2.15. The van der Waals surface area contributed by atoms with Gasteiger partial charge in [-0.05, 0) is 37.9 Å². The Kier molecular flexibility index (Phi) is 9.81. The number of carbonyl (C=O) groups is 1. The Morgan fingerprint density at radius 1 is 0.952 bits per heavy atom.